The number of alkyl halides is 3. The third-order valence-electron chi connectivity index (χ3n) is 3.77. The number of hydrogen-bond donors (Lipinski definition) is 2. The Morgan fingerprint density at radius 3 is 2.45 bits per heavy atom. The Balaban J connectivity index is 1.67. The Morgan fingerprint density at radius 2 is 1.76 bits per heavy atom. The van der Waals surface area contributed by atoms with Crippen LogP contribution >= 0.6 is 11.6 Å². The number of carbonyl (C=O) groups is 2. The summed E-state index contributed by atoms with van der Waals surface area (Å²) in [5.41, 5.74) is -0.0725. The zero-order valence-corrected chi connectivity index (χ0v) is 16.0. The number of nitrogens with one attached hydrogen (secondary N) is 2. The van der Waals surface area contributed by atoms with Gasteiger partial charge in [0.25, 0.3) is 5.91 Å². The summed E-state index contributed by atoms with van der Waals surface area (Å²) < 4.78 is 37.9. The minimum absolute atomic E-state index is 0.0201. The van der Waals surface area contributed by atoms with E-state index in [4.69, 9.17) is 11.6 Å². The van der Waals surface area contributed by atoms with Gasteiger partial charge in [0, 0.05) is 29.1 Å². The van der Waals surface area contributed by atoms with Crippen LogP contribution in [0.1, 0.15) is 34.3 Å². The molecule has 2 amide bonds. The Morgan fingerprint density at radius 1 is 1.03 bits per heavy atom. The van der Waals surface area contributed by atoms with Gasteiger partial charge < -0.3 is 10.6 Å². The number of amides is 2. The van der Waals surface area contributed by atoms with Crippen molar-refractivity contribution in [2.45, 2.75) is 19.0 Å². The van der Waals surface area contributed by atoms with Crippen molar-refractivity contribution < 1.29 is 22.8 Å². The first-order valence-electron chi connectivity index (χ1n) is 8.72. The molecule has 0 bridgehead atoms. The summed E-state index contributed by atoms with van der Waals surface area (Å²) in [4.78, 5) is 23.6. The van der Waals surface area contributed by atoms with Crippen LogP contribution in [0.4, 0.5) is 13.2 Å². The van der Waals surface area contributed by atoms with E-state index < -0.39 is 11.7 Å². The quantitative estimate of drug-likeness (QED) is 0.545. The molecule has 0 fully saturated rings. The average molecular weight is 423 g/mol. The van der Waals surface area contributed by atoms with Crippen LogP contribution in [0.15, 0.2) is 48.5 Å². The van der Waals surface area contributed by atoms with Gasteiger partial charge in [-0.3, -0.25) is 9.59 Å². The van der Waals surface area contributed by atoms with E-state index in [0.717, 1.165) is 12.1 Å². The highest BCUT2D eigenvalue weighted by atomic mass is 35.5. The fourth-order valence-electron chi connectivity index (χ4n) is 2.30. The number of rotatable bonds is 6. The van der Waals surface area contributed by atoms with Crippen LogP contribution in [0, 0.1) is 11.8 Å². The highest BCUT2D eigenvalue weighted by molar-refractivity contribution is 6.30. The van der Waals surface area contributed by atoms with Crippen molar-refractivity contribution in [1.29, 1.82) is 0 Å². The van der Waals surface area contributed by atoms with E-state index in [1.807, 2.05) is 0 Å². The summed E-state index contributed by atoms with van der Waals surface area (Å²) >= 11 is 5.76. The van der Waals surface area contributed by atoms with Gasteiger partial charge in [0.05, 0.1) is 12.1 Å². The van der Waals surface area contributed by atoms with Crippen molar-refractivity contribution in [2.24, 2.45) is 0 Å². The summed E-state index contributed by atoms with van der Waals surface area (Å²) in [5, 5.41) is 5.80. The Kier molecular flexibility index (Phi) is 8.10. The largest absolute Gasteiger partial charge is 0.416 e. The average Bonchev–Trinajstić information content (AvgIpc) is 2.68. The second-order valence-corrected chi connectivity index (χ2v) is 6.46. The van der Waals surface area contributed by atoms with Gasteiger partial charge in [-0.25, -0.2) is 0 Å². The molecule has 0 aliphatic carbocycles. The van der Waals surface area contributed by atoms with E-state index in [-0.39, 0.29) is 30.3 Å². The lowest BCUT2D eigenvalue weighted by Crippen LogP contribution is -2.27. The van der Waals surface area contributed by atoms with Crippen molar-refractivity contribution in [3.05, 3.63) is 70.2 Å². The maximum absolute atomic E-state index is 12.6. The molecule has 2 aromatic rings. The van der Waals surface area contributed by atoms with Crippen molar-refractivity contribution >= 4 is 23.4 Å². The fourth-order valence-corrected chi connectivity index (χ4v) is 2.43. The molecular formula is C21H18ClF3N2O2. The topological polar surface area (TPSA) is 58.2 Å². The van der Waals surface area contributed by atoms with E-state index in [2.05, 4.69) is 22.5 Å². The maximum Gasteiger partial charge on any atom is 0.416 e. The van der Waals surface area contributed by atoms with Gasteiger partial charge >= 0.3 is 6.18 Å². The van der Waals surface area contributed by atoms with Gasteiger partial charge in [-0.15, -0.1) is 0 Å². The van der Waals surface area contributed by atoms with Crippen molar-refractivity contribution in [3.8, 4) is 11.8 Å². The van der Waals surface area contributed by atoms with Crippen molar-refractivity contribution in [2.75, 3.05) is 13.1 Å². The SMILES string of the molecule is O=C(CCCNC(=O)c1ccc(Cl)cc1)NCC#Cc1cccc(C(F)(F)F)c1. The predicted octanol–water partition coefficient (Wildman–Crippen LogP) is 4.04. The molecule has 0 atom stereocenters. The van der Waals surface area contributed by atoms with Crippen LogP contribution in [0.25, 0.3) is 0 Å². The zero-order valence-electron chi connectivity index (χ0n) is 15.3. The Bertz CT molecular complexity index is 916. The van der Waals surface area contributed by atoms with Crippen LogP contribution < -0.4 is 10.6 Å². The van der Waals surface area contributed by atoms with Gasteiger partial charge in [0.15, 0.2) is 0 Å². The minimum Gasteiger partial charge on any atom is -0.352 e. The molecule has 0 heterocycles. The summed E-state index contributed by atoms with van der Waals surface area (Å²) in [7, 11) is 0. The first-order chi connectivity index (χ1) is 13.8. The van der Waals surface area contributed by atoms with Crippen LogP contribution in [0.3, 0.4) is 0 Å². The second-order valence-electron chi connectivity index (χ2n) is 6.02. The molecule has 2 aromatic carbocycles. The molecule has 0 saturated carbocycles. The third kappa shape index (κ3) is 7.88. The van der Waals surface area contributed by atoms with Gasteiger partial charge in [-0.2, -0.15) is 13.2 Å². The lowest BCUT2D eigenvalue weighted by Gasteiger charge is -2.06. The Hall–Kier alpha value is -2.98. The van der Waals surface area contributed by atoms with E-state index in [0.29, 0.717) is 23.6 Å². The van der Waals surface area contributed by atoms with Gasteiger partial charge in [-0.1, -0.05) is 29.5 Å². The molecule has 0 aliphatic rings. The molecule has 0 aromatic heterocycles. The zero-order chi connectivity index (χ0) is 21.3. The second kappa shape index (κ2) is 10.5. The Labute approximate surface area is 171 Å². The fraction of sp³-hybridized carbons (Fsp3) is 0.238. The van der Waals surface area contributed by atoms with Gasteiger partial charge in [0.1, 0.15) is 0 Å². The van der Waals surface area contributed by atoms with Crippen molar-refractivity contribution in [1.82, 2.24) is 10.6 Å². The number of hydrogen-bond acceptors (Lipinski definition) is 2. The number of halogens is 4. The molecule has 152 valence electrons. The third-order valence-corrected chi connectivity index (χ3v) is 4.02. The highest BCUT2D eigenvalue weighted by Gasteiger charge is 2.30. The molecule has 29 heavy (non-hydrogen) atoms. The molecule has 4 nitrogen and oxygen atoms in total. The van der Waals surface area contributed by atoms with Crippen LogP contribution in [-0.4, -0.2) is 24.9 Å². The number of carbonyl (C=O) groups excluding carboxylic acids is 2. The maximum atomic E-state index is 12.6. The first-order valence-corrected chi connectivity index (χ1v) is 9.10. The normalized spacial score (nSPS) is 10.6. The van der Waals surface area contributed by atoms with Crippen molar-refractivity contribution in [3.63, 3.8) is 0 Å². The predicted molar refractivity (Wildman–Crippen MR) is 104 cm³/mol. The molecule has 0 aliphatic heterocycles. The standard InChI is InChI=1S/C21H18ClF3N2O2/c22-18-10-8-16(9-11-18)20(29)27-13-3-7-19(28)26-12-2-5-15-4-1-6-17(14-15)21(23,24)25/h1,4,6,8-11,14H,3,7,12-13H2,(H,26,28)(H,27,29). The van der Waals surface area contributed by atoms with E-state index >= 15 is 0 Å². The minimum atomic E-state index is -4.42. The molecule has 2 rings (SSSR count). The van der Waals surface area contributed by atoms with E-state index in [9.17, 15) is 22.8 Å². The molecule has 8 heteroatoms. The van der Waals surface area contributed by atoms with E-state index in [1.165, 1.54) is 12.1 Å². The molecule has 0 spiro atoms. The monoisotopic (exact) mass is 422 g/mol. The van der Waals surface area contributed by atoms with Gasteiger partial charge in [-0.05, 0) is 48.9 Å². The molecule has 0 saturated heterocycles. The lowest BCUT2D eigenvalue weighted by molar-refractivity contribution is -0.137. The first kappa shape index (κ1) is 22.3. The summed E-state index contributed by atoms with van der Waals surface area (Å²) in [6.45, 7) is 0.344. The smallest absolute Gasteiger partial charge is 0.352 e. The molecule has 0 radical (unpaired) electrons. The summed E-state index contributed by atoms with van der Waals surface area (Å²) in [5.74, 6) is 4.69. The van der Waals surface area contributed by atoms with Crippen LogP contribution in [-0.2, 0) is 11.0 Å². The van der Waals surface area contributed by atoms with Gasteiger partial charge in [0.2, 0.25) is 5.91 Å². The lowest BCUT2D eigenvalue weighted by atomic mass is 10.1. The van der Waals surface area contributed by atoms with Crippen LogP contribution in [0.2, 0.25) is 5.02 Å². The summed E-state index contributed by atoms with van der Waals surface area (Å²) in [6, 6.07) is 11.1. The summed E-state index contributed by atoms with van der Waals surface area (Å²) in [6.07, 6.45) is -3.80. The molecular weight excluding hydrogens is 405 g/mol. The number of benzene rings is 2. The highest BCUT2D eigenvalue weighted by Crippen LogP contribution is 2.29. The molecule has 0 unspecified atom stereocenters. The van der Waals surface area contributed by atoms with E-state index in [1.54, 1.807) is 24.3 Å². The molecule has 2 N–H and O–H groups in total. The van der Waals surface area contributed by atoms with Crippen LogP contribution in [0.5, 0.6) is 0 Å².